The summed E-state index contributed by atoms with van der Waals surface area (Å²) in [5.41, 5.74) is -0.698. The minimum atomic E-state index is -0.786. The second-order valence-electron chi connectivity index (χ2n) is 19.0. The highest BCUT2D eigenvalue weighted by atomic mass is 16.3. The summed E-state index contributed by atoms with van der Waals surface area (Å²) in [5, 5.41) is 47.2. The SMILES string of the molecule is CC(O)C1C(C)CC2(C)CC3(C)CC4C(C5CCC(CCCC(C)(C)C)CC5)CCC(C)C4C(O)C3C(O)C2(C)C1O. The van der Waals surface area contributed by atoms with Gasteiger partial charge in [0.25, 0.3) is 0 Å². The molecule has 0 aromatic carbocycles. The fourth-order valence-corrected chi connectivity index (χ4v) is 12.9. The Morgan fingerprint density at radius 1 is 0.810 bits per heavy atom. The molecular weight excluding hydrogens is 520 g/mol. The van der Waals surface area contributed by atoms with E-state index in [1.807, 2.05) is 0 Å². The van der Waals surface area contributed by atoms with Crippen molar-refractivity contribution in [3.63, 3.8) is 0 Å². The van der Waals surface area contributed by atoms with Crippen molar-refractivity contribution in [1.82, 2.24) is 0 Å². The van der Waals surface area contributed by atoms with Crippen LogP contribution in [0, 0.1) is 74.9 Å². The first-order valence-corrected chi connectivity index (χ1v) is 18.2. The molecule has 0 spiro atoms. The Labute approximate surface area is 258 Å². The first-order valence-electron chi connectivity index (χ1n) is 18.2. The quantitative estimate of drug-likeness (QED) is 0.264. The number of rotatable bonds is 5. The predicted molar refractivity (Wildman–Crippen MR) is 172 cm³/mol. The molecule has 4 nitrogen and oxygen atoms in total. The maximum Gasteiger partial charge on any atom is 0.0682 e. The van der Waals surface area contributed by atoms with Gasteiger partial charge in [0.1, 0.15) is 0 Å². The fourth-order valence-electron chi connectivity index (χ4n) is 12.9. The van der Waals surface area contributed by atoms with Crippen LogP contribution >= 0.6 is 0 Å². The Balaban J connectivity index is 1.36. The monoisotopic (exact) mass is 589 g/mol. The van der Waals surface area contributed by atoms with Crippen molar-refractivity contribution in [1.29, 1.82) is 0 Å². The lowest BCUT2D eigenvalue weighted by Crippen LogP contribution is -2.73. The van der Waals surface area contributed by atoms with E-state index in [2.05, 4.69) is 55.4 Å². The van der Waals surface area contributed by atoms with Gasteiger partial charge < -0.3 is 20.4 Å². The van der Waals surface area contributed by atoms with Crippen molar-refractivity contribution >= 4 is 0 Å². The largest absolute Gasteiger partial charge is 0.393 e. The highest BCUT2D eigenvalue weighted by Gasteiger charge is 2.71. The zero-order valence-corrected chi connectivity index (χ0v) is 28.8. The molecule has 244 valence electrons. The molecule has 5 rings (SSSR count). The molecule has 42 heavy (non-hydrogen) atoms. The summed E-state index contributed by atoms with van der Waals surface area (Å²) in [5.74, 6) is 3.33. The van der Waals surface area contributed by atoms with Gasteiger partial charge >= 0.3 is 0 Å². The molecule has 0 saturated heterocycles. The Bertz CT molecular complexity index is 934. The summed E-state index contributed by atoms with van der Waals surface area (Å²) < 4.78 is 0. The van der Waals surface area contributed by atoms with Crippen LogP contribution in [0.4, 0.5) is 0 Å². The predicted octanol–water partition coefficient (Wildman–Crippen LogP) is 7.85. The standard InChI is InChI=1S/C38H68O4/c1-22-12-17-27(26-15-13-25(14-16-26)11-10-18-35(4,5)6)28-20-36(7)21-37(8)19-23(2)29(24(3)39)33(41)38(37,9)34(42)31(36)32(40)30(22)28/h22-34,39-42H,10-21H2,1-9H3. The maximum absolute atomic E-state index is 12.4. The minimum absolute atomic E-state index is 0.148. The van der Waals surface area contributed by atoms with Gasteiger partial charge in [-0.05, 0) is 110 Å². The second-order valence-corrected chi connectivity index (χ2v) is 19.0. The van der Waals surface area contributed by atoms with E-state index in [0.29, 0.717) is 23.2 Å². The van der Waals surface area contributed by atoms with Crippen LogP contribution in [0.2, 0.25) is 0 Å². The van der Waals surface area contributed by atoms with Crippen LogP contribution in [0.3, 0.4) is 0 Å². The molecule has 14 atom stereocenters. The van der Waals surface area contributed by atoms with Crippen molar-refractivity contribution < 1.29 is 20.4 Å². The van der Waals surface area contributed by atoms with Gasteiger partial charge in [-0.1, -0.05) is 87.5 Å². The molecule has 0 bridgehead atoms. The normalized spacial score (nSPS) is 53.9. The molecule has 0 amide bonds. The zero-order chi connectivity index (χ0) is 31.0. The van der Waals surface area contributed by atoms with Crippen molar-refractivity contribution in [2.24, 2.45) is 74.9 Å². The Morgan fingerprint density at radius 2 is 1.45 bits per heavy atom. The average Bonchev–Trinajstić information content (AvgIpc) is 2.86. The van der Waals surface area contributed by atoms with Crippen LogP contribution in [0.5, 0.6) is 0 Å². The number of hydrogen-bond donors (Lipinski definition) is 4. The van der Waals surface area contributed by atoms with Crippen LogP contribution < -0.4 is 0 Å². The van der Waals surface area contributed by atoms with E-state index in [4.69, 9.17) is 0 Å². The topological polar surface area (TPSA) is 80.9 Å². The summed E-state index contributed by atoms with van der Waals surface area (Å²) in [4.78, 5) is 0. The molecule has 0 radical (unpaired) electrons. The minimum Gasteiger partial charge on any atom is -0.393 e. The first kappa shape index (κ1) is 33.2. The van der Waals surface area contributed by atoms with Crippen LogP contribution in [0.25, 0.3) is 0 Å². The van der Waals surface area contributed by atoms with E-state index < -0.39 is 29.8 Å². The molecule has 5 saturated carbocycles. The van der Waals surface area contributed by atoms with Gasteiger partial charge in [-0.2, -0.15) is 0 Å². The molecular formula is C38H68O4. The third-order valence-electron chi connectivity index (χ3n) is 15.0. The van der Waals surface area contributed by atoms with Crippen molar-refractivity contribution in [3.8, 4) is 0 Å². The number of fused-ring (bicyclic) bond motifs is 3. The second kappa shape index (κ2) is 11.6. The number of hydrogen-bond acceptors (Lipinski definition) is 4. The van der Waals surface area contributed by atoms with E-state index in [0.717, 1.165) is 31.1 Å². The smallest absolute Gasteiger partial charge is 0.0682 e. The first-order chi connectivity index (χ1) is 19.4. The van der Waals surface area contributed by atoms with Crippen LogP contribution in [-0.2, 0) is 0 Å². The van der Waals surface area contributed by atoms with Crippen molar-refractivity contribution in [2.45, 2.75) is 164 Å². The van der Waals surface area contributed by atoms with Crippen LogP contribution in [0.15, 0.2) is 0 Å². The Kier molecular flexibility index (Phi) is 9.15. The Hall–Kier alpha value is -0.160. The molecule has 5 fully saturated rings. The van der Waals surface area contributed by atoms with E-state index >= 15 is 0 Å². The molecule has 0 aliphatic heterocycles. The van der Waals surface area contributed by atoms with E-state index in [1.165, 1.54) is 57.8 Å². The summed E-state index contributed by atoms with van der Waals surface area (Å²) in [7, 11) is 0. The van der Waals surface area contributed by atoms with Gasteiger partial charge in [0.05, 0.1) is 24.4 Å². The van der Waals surface area contributed by atoms with Crippen LogP contribution in [-0.4, -0.2) is 44.8 Å². The maximum atomic E-state index is 12.4. The molecule has 4 heteroatoms. The summed E-state index contributed by atoms with van der Waals surface area (Å²) in [6.07, 6.45) is 12.3. The fraction of sp³-hybridized carbons (Fsp3) is 1.00. The molecule has 14 unspecified atom stereocenters. The zero-order valence-electron chi connectivity index (χ0n) is 28.8. The van der Waals surface area contributed by atoms with E-state index in [-0.39, 0.29) is 34.5 Å². The molecule has 0 aromatic heterocycles. The van der Waals surface area contributed by atoms with Gasteiger partial charge in [-0.25, -0.2) is 0 Å². The van der Waals surface area contributed by atoms with E-state index in [1.54, 1.807) is 6.92 Å². The van der Waals surface area contributed by atoms with Crippen molar-refractivity contribution in [2.75, 3.05) is 0 Å². The van der Waals surface area contributed by atoms with Crippen LogP contribution in [0.1, 0.15) is 139 Å². The highest BCUT2D eigenvalue weighted by Crippen LogP contribution is 2.71. The lowest BCUT2D eigenvalue weighted by molar-refractivity contribution is -0.300. The molecule has 5 aliphatic rings. The molecule has 0 aromatic rings. The summed E-state index contributed by atoms with van der Waals surface area (Å²) in [6, 6.07) is 0. The third-order valence-corrected chi connectivity index (χ3v) is 15.0. The van der Waals surface area contributed by atoms with Gasteiger partial charge in [0, 0.05) is 17.3 Å². The molecule has 5 aliphatic carbocycles. The summed E-state index contributed by atoms with van der Waals surface area (Å²) in [6.45, 7) is 20.2. The van der Waals surface area contributed by atoms with Crippen molar-refractivity contribution in [3.05, 3.63) is 0 Å². The number of aliphatic hydroxyl groups is 4. The highest BCUT2D eigenvalue weighted by molar-refractivity contribution is 5.20. The average molecular weight is 589 g/mol. The molecule has 4 N–H and O–H groups in total. The number of aliphatic hydroxyl groups excluding tert-OH is 4. The van der Waals surface area contributed by atoms with Gasteiger partial charge in [0.15, 0.2) is 0 Å². The van der Waals surface area contributed by atoms with Gasteiger partial charge in [-0.3, -0.25) is 0 Å². The van der Waals surface area contributed by atoms with Gasteiger partial charge in [0.2, 0.25) is 0 Å². The Morgan fingerprint density at radius 3 is 2.05 bits per heavy atom. The lowest BCUT2D eigenvalue weighted by Gasteiger charge is -2.71. The van der Waals surface area contributed by atoms with E-state index in [9.17, 15) is 20.4 Å². The van der Waals surface area contributed by atoms with Gasteiger partial charge in [-0.15, -0.1) is 0 Å². The lowest BCUT2D eigenvalue weighted by atomic mass is 9.35. The third kappa shape index (κ3) is 5.47. The summed E-state index contributed by atoms with van der Waals surface area (Å²) >= 11 is 0. The molecule has 0 heterocycles.